The number of carboxylic acid groups (broad SMARTS) is 2. The van der Waals surface area contributed by atoms with Crippen LogP contribution in [-0.2, 0) is 20.8 Å². The van der Waals surface area contributed by atoms with Crippen LogP contribution in [0.3, 0.4) is 0 Å². The molecule has 2 heterocycles. The molecule has 230 valence electrons. The van der Waals surface area contributed by atoms with Gasteiger partial charge in [-0.25, -0.2) is 9.59 Å². The molecular weight excluding hydrogens is 644 g/mol. The second-order valence-electron chi connectivity index (χ2n) is 8.96. The number of carbonyl (C=O) groups is 3. The van der Waals surface area contributed by atoms with E-state index in [2.05, 4.69) is 49.6 Å². The summed E-state index contributed by atoms with van der Waals surface area (Å²) in [6.07, 6.45) is -5.95. The Labute approximate surface area is 243 Å². The Hall–Kier alpha value is -3.86. The highest BCUT2D eigenvalue weighted by molar-refractivity contribution is 9.10. The third-order valence-electron chi connectivity index (χ3n) is 5.79. The van der Waals surface area contributed by atoms with Crippen molar-refractivity contribution in [2.24, 2.45) is 5.73 Å². The highest BCUT2D eigenvalue weighted by atomic mass is 79.9. The summed E-state index contributed by atoms with van der Waals surface area (Å²) in [5.74, 6) is -5.47. The first kappa shape index (κ1) is 34.3. The van der Waals surface area contributed by atoms with Crippen molar-refractivity contribution in [1.82, 2.24) is 15.1 Å². The Bertz CT molecular complexity index is 1320. The Morgan fingerprint density at radius 2 is 1.52 bits per heavy atom. The number of aromatic amines is 1. The van der Waals surface area contributed by atoms with Gasteiger partial charge in [-0.05, 0) is 55.2 Å². The van der Waals surface area contributed by atoms with Gasteiger partial charge >= 0.3 is 24.3 Å². The lowest BCUT2D eigenvalue weighted by atomic mass is 10.0. The molecule has 1 atom stereocenters. The van der Waals surface area contributed by atoms with Crippen LogP contribution in [0.1, 0.15) is 18.4 Å². The van der Waals surface area contributed by atoms with Crippen molar-refractivity contribution in [2.45, 2.75) is 43.7 Å². The summed E-state index contributed by atoms with van der Waals surface area (Å²) in [6.45, 7) is 1.47. The molecule has 2 aromatic carbocycles. The summed E-state index contributed by atoms with van der Waals surface area (Å²) in [6, 6.07) is 14.0. The zero-order valence-corrected chi connectivity index (χ0v) is 23.1. The van der Waals surface area contributed by atoms with E-state index in [0.717, 1.165) is 52.6 Å². The number of nitrogens with zero attached hydrogens (tertiary/aromatic N) is 2. The Morgan fingerprint density at radius 3 is 2.02 bits per heavy atom. The van der Waals surface area contributed by atoms with Crippen molar-refractivity contribution in [3.63, 3.8) is 0 Å². The average molecular weight is 670 g/mol. The molecule has 0 radical (unpaired) electrons. The summed E-state index contributed by atoms with van der Waals surface area (Å²) in [5.41, 5.74) is 9.37. The van der Waals surface area contributed by atoms with E-state index in [-0.39, 0.29) is 5.91 Å². The number of rotatable bonds is 5. The summed E-state index contributed by atoms with van der Waals surface area (Å²) in [5, 5.41) is 26.0. The third-order valence-corrected chi connectivity index (χ3v) is 6.32. The largest absolute Gasteiger partial charge is 0.490 e. The third kappa shape index (κ3) is 11.2. The van der Waals surface area contributed by atoms with Crippen molar-refractivity contribution in [2.75, 3.05) is 18.4 Å². The molecule has 10 nitrogen and oxygen atoms in total. The minimum Gasteiger partial charge on any atom is -0.475 e. The number of aromatic nitrogens is 2. The summed E-state index contributed by atoms with van der Waals surface area (Å²) >= 11 is 3.42. The van der Waals surface area contributed by atoms with Gasteiger partial charge in [0.25, 0.3) is 0 Å². The number of piperidine rings is 1. The first-order valence-corrected chi connectivity index (χ1v) is 12.9. The van der Waals surface area contributed by atoms with E-state index in [1.165, 1.54) is 0 Å². The maximum atomic E-state index is 12.7. The molecule has 1 aliphatic heterocycles. The number of nitrogens with two attached hydrogens (primary N) is 1. The number of carboxylic acids is 2. The van der Waals surface area contributed by atoms with Gasteiger partial charge in [0, 0.05) is 34.7 Å². The van der Waals surface area contributed by atoms with Crippen LogP contribution in [0.15, 0.2) is 53.1 Å². The average Bonchev–Trinajstić information content (AvgIpc) is 3.38. The standard InChI is InChI=1S/C21H24BrN5O.2C2HF3O2/c22-16-4-1-14(2-5-16)11-19(23)21(28)27-9-7-17(8-10-27)25-18-6-3-15-13-24-26-20(15)12-18;2*3-2(4,5)1(6)7/h1-6,12-13,17,19,25H,7-11,23H2,(H,24,26);2*(H,6,7)/t19-;;/m1../s1. The van der Waals surface area contributed by atoms with Crippen molar-refractivity contribution < 1.29 is 50.9 Å². The lowest BCUT2D eigenvalue weighted by Gasteiger charge is -2.34. The van der Waals surface area contributed by atoms with E-state index >= 15 is 0 Å². The van der Waals surface area contributed by atoms with Crippen LogP contribution in [0, 0.1) is 0 Å². The fraction of sp³-hybridized carbons (Fsp3) is 0.360. The van der Waals surface area contributed by atoms with E-state index in [1.807, 2.05) is 35.4 Å². The molecule has 1 aliphatic rings. The molecule has 0 saturated carbocycles. The minimum atomic E-state index is -5.08. The van der Waals surface area contributed by atoms with Gasteiger partial charge in [-0.1, -0.05) is 28.1 Å². The molecule has 1 saturated heterocycles. The molecule has 3 aromatic rings. The zero-order chi connectivity index (χ0) is 31.7. The van der Waals surface area contributed by atoms with Gasteiger partial charge in [-0.3, -0.25) is 9.89 Å². The van der Waals surface area contributed by atoms with Gasteiger partial charge in [0.1, 0.15) is 0 Å². The van der Waals surface area contributed by atoms with Gasteiger partial charge in [0.05, 0.1) is 17.8 Å². The Kier molecular flexibility index (Phi) is 12.1. The molecule has 42 heavy (non-hydrogen) atoms. The second-order valence-corrected chi connectivity index (χ2v) is 9.87. The zero-order valence-electron chi connectivity index (χ0n) is 21.5. The topological polar surface area (TPSA) is 162 Å². The van der Waals surface area contributed by atoms with E-state index in [0.29, 0.717) is 12.5 Å². The SMILES string of the molecule is N[C@H](Cc1ccc(Br)cc1)C(=O)N1CCC(Nc2ccc3cn[nH]c3c2)CC1.O=C(O)C(F)(F)F.O=C(O)C(F)(F)F. The van der Waals surface area contributed by atoms with Crippen LogP contribution in [0.5, 0.6) is 0 Å². The fourth-order valence-electron chi connectivity index (χ4n) is 3.70. The first-order chi connectivity index (χ1) is 19.5. The monoisotopic (exact) mass is 669 g/mol. The van der Waals surface area contributed by atoms with Crippen LogP contribution in [0.2, 0.25) is 0 Å². The van der Waals surface area contributed by atoms with Gasteiger partial charge in [0.15, 0.2) is 0 Å². The molecule has 0 spiro atoms. The predicted octanol–water partition coefficient (Wildman–Crippen LogP) is 4.56. The number of H-pyrrole nitrogens is 1. The number of hydrogen-bond acceptors (Lipinski definition) is 6. The highest BCUT2D eigenvalue weighted by Gasteiger charge is 2.38. The molecular formula is C25H26BrF6N5O5. The van der Waals surface area contributed by atoms with Crippen LogP contribution < -0.4 is 11.1 Å². The number of amides is 1. The smallest absolute Gasteiger partial charge is 0.475 e. The number of carbonyl (C=O) groups excluding carboxylic acids is 1. The molecule has 1 fully saturated rings. The number of hydrogen-bond donors (Lipinski definition) is 5. The van der Waals surface area contributed by atoms with E-state index in [9.17, 15) is 31.1 Å². The van der Waals surface area contributed by atoms with Crippen molar-refractivity contribution >= 4 is 50.4 Å². The summed E-state index contributed by atoms with van der Waals surface area (Å²) in [4.78, 5) is 32.4. The van der Waals surface area contributed by atoms with Crippen LogP contribution >= 0.6 is 15.9 Å². The second kappa shape index (κ2) is 14.9. The first-order valence-electron chi connectivity index (χ1n) is 12.1. The number of aliphatic carboxylic acids is 2. The number of alkyl halides is 6. The van der Waals surface area contributed by atoms with Crippen molar-refractivity contribution in [1.29, 1.82) is 0 Å². The lowest BCUT2D eigenvalue weighted by Crippen LogP contribution is -2.49. The molecule has 1 aromatic heterocycles. The molecule has 6 N–H and O–H groups in total. The van der Waals surface area contributed by atoms with Crippen LogP contribution in [0.25, 0.3) is 10.9 Å². The number of nitrogens with one attached hydrogen (secondary N) is 2. The summed E-state index contributed by atoms with van der Waals surface area (Å²) < 4.78 is 64.5. The Morgan fingerprint density at radius 1 is 1.00 bits per heavy atom. The van der Waals surface area contributed by atoms with Gasteiger partial charge in [-0.2, -0.15) is 31.4 Å². The van der Waals surface area contributed by atoms with E-state index in [1.54, 1.807) is 0 Å². The normalized spacial score (nSPS) is 14.6. The van der Waals surface area contributed by atoms with Crippen molar-refractivity contribution in [3.05, 3.63) is 58.7 Å². The molecule has 17 heteroatoms. The molecule has 0 bridgehead atoms. The van der Waals surface area contributed by atoms with Crippen molar-refractivity contribution in [3.8, 4) is 0 Å². The Balaban J connectivity index is 0.000000367. The van der Waals surface area contributed by atoms with E-state index in [4.69, 9.17) is 25.5 Å². The quantitative estimate of drug-likeness (QED) is 0.247. The van der Waals surface area contributed by atoms with Crippen LogP contribution in [-0.4, -0.2) is 80.7 Å². The maximum absolute atomic E-state index is 12.7. The van der Waals surface area contributed by atoms with Crippen LogP contribution in [0.4, 0.5) is 32.0 Å². The fourth-order valence-corrected chi connectivity index (χ4v) is 3.97. The molecule has 0 aliphatic carbocycles. The highest BCUT2D eigenvalue weighted by Crippen LogP contribution is 2.21. The number of benzene rings is 2. The van der Waals surface area contributed by atoms with Gasteiger partial charge in [0.2, 0.25) is 5.91 Å². The van der Waals surface area contributed by atoms with E-state index < -0.39 is 30.3 Å². The summed E-state index contributed by atoms with van der Waals surface area (Å²) in [7, 11) is 0. The van der Waals surface area contributed by atoms with Gasteiger partial charge in [-0.15, -0.1) is 0 Å². The van der Waals surface area contributed by atoms with Gasteiger partial charge < -0.3 is 26.2 Å². The minimum absolute atomic E-state index is 0.0419. The lowest BCUT2D eigenvalue weighted by molar-refractivity contribution is -0.193. The molecule has 0 unspecified atom stereocenters. The predicted molar refractivity (Wildman–Crippen MR) is 143 cm³/mol. The molecule has 4 rings (SSSR count). The number of fused-ring (bicyclic) bond motifs is 1. The number of anilines is 1. The number of halogens is 7. The number of likely N-dealkylation sites (tertiary alicyclic amines) is 1. The maximum Gasteiger partial charge on any atom is 0.490 e. The molecule has 1 amide bonds.